The highest BCUT2D eigenvalue weighted by Gasteiger charge is 2.10. The SMILES string of the molecule is CCOC(COCOCC(OCC)OCC)OCC. The predicted molar refractivity (Wildman–Crippen MR) is 70.9 cm³/mol. The van der Waals surface area contributed by atoms with Crippen LogP contribution < -0.4 is 0 Å². The molecule has 19 heavy (non-hydrogen) atoms. The predicted octanol–water partition coefficient (Wildman–Crippen LogP) is 1.78. The van der Waals surface area contributed by atoms with Crippen molar-refractivity contribution in [3.05, 3.63) is 0 Å². The maximum Gasteiger partial charge on any atom is 0.180 e. The molecule has 6 heteroatoms. The summed E-state index contributed by atoms with van der Waals surface area (Å²) in [6.07, 6.45) is -0.679. The van der Waals surface area contributed by atoms with Gasteiger partial charge < -0.3 is 28.4 Å². The number of hydrogen-bond donors (Lipinski definition) is 0. The Kier molecular flexibility index (Phi) is 14.0. The van der Waals surface area contributed by atoms with Crippen LogP contribution in [0.15, 0.2) is 0 Å². The molecule has 116 valence electrons. The molecule has 0 heterocycles. The molecule has 0 saturated heterocycles. The van der Waals surface area contributed by atoms with Gasteiger partial charge in [0.25, 0.3) is 0 Å². The Hall–Kier alpha value is -0.240. The van der Waals surface area contributed by atoms with Crippen molar-refractivity contribution in [3.8, 4) is 0 Å². The van der Waals surface area contributed by atoms with Crippen LogP contribution in [0.3, 0.4) is 0 Å². The maximum atomic E-state index is 5.34. The zero-order valence-electron chi connectivity index (χ0n) is 12.6. The lowest BCUT2D eigenvalue weighted by Gasteiger charge is -2.18. The van der Waals surface area contributed by atoms with Crippen LogP contribution in [0.1, 0.15) is 27.7 Å². The molecule has 0 spiro atoms. The summed E-state index contributed by atoms with van der Waals surface area (Å²) < 4.78 is 32.0. The zero-order valence-corrected chi connectivity index (χ0v) is 12.6. The van der Waals surface area contributed by atoms with Crippen molar-refractivity contribution in [2.75, 3.05) is 46.4 Å². The lowest BCUT2D eigenvalue weighted by atomic mass is 10.6. The molecule has 0 bridgehead atoms. The van der Waals surface area contributed by atoms with Gasteiger partial charge >= 0.3 is 0 Å². The van der Waals surface area contributed by atoms with Gasteiger partial charge in [0.05, 0.1) is 0 Å². The third-order valence-corrected chi connectivity index (χ3v) is 2.08. The molecule has 0 N–H and O–H groups in total. The highest BCUT2D eigenvalue weighted by molar-refractivity contribution is 4.42. The van der Waals surface area contributed by atoms with Gasteiger partial charge in [-0.1, -0.05) is 0 Å². The summed E-state index contributed by atoms with van der Waals surface area (Å²) in [6.45, 7) is 10.9. The van der Waals surface area contributed by atoms with Gasteiger partial charge in [-0.3, -0.25) is 0 Å². The number of ether oxygens (including phenoxy) is 6. The molecule has 0 amide bonds. The van der Waals surface area contributed by atoms with E-state index in [4.69, 9.17) is 28.4 Å². The zero-order chi connectivity index (χ0) is 14.3. The van der Waals surface area contributed by atoms with Crippen LogP contribution in [0.25, 0.3) is 0 Å². The van der Waals surface area contributed by atoms with Gasteiger partial charge in [-0.2, -0.15) is 0 Å². The van der Waals surface area contributed by atoms with Crippen LogP contribution in [0.5, 0.6) is 0 Å². The third kappa shape index (κ3) is 11.3. The fourth-order valence-corrected chi connectivity index (χ4v) is 1.38. The molecule has 0 aromatic rings. The molecule has 0 aliphatic heterocycles. The van der Waals surface area contributed by atoms with Gasteiger partial charge in [-0.05, 0) is 27.7 Å². The first-order valence-electron chi connectivity index (χ1n) is 6.90. The minimum absolute atomic E-state index is 0.160. The number of rotatable bonds is 14. The van der Waals surface area contributed by atoms with E-state index in [1.807, 2.05) is 27.7 Å². The monoisotopic (exact) mass is 280 g/mol. The van der Waals surface area contributed by atoms with E-state index in [1.54, 1.807) is 0 Å². The molecule has 0 aliphatic carbocycles. The van der Waals surface area contributed by atoms with Gasteiger partial charge in [-0.25, -0.2) is 0 Å². The van der Waals surface area contributed by atoms with Gasteiger partial charge in [0, 0.05) is 26.4 Å². The molecule has 0 aliphatic rings. The third-order valence-electron chi connectivity index (χ3n) is 2.08. The quantitative estimate of drug-likeness (QED) is 0.357. The summed E-state index contributed by atoms with van der Waals surface area (Å²) in [6, 6.07) is 0. The van der Waals surface area contributed by atoms with E-state index in [9.17, 15) is 0 Å². The molecule has 6 nitrogen and oxygen atoms in total. The average Bonchev–Trinajstić information content (AvgIpc) is 2.39. The van der Waals surface area contributed by atoms with Gasteiger partial charge in [0.15, 0.2) is 12.6 Å². The average molecular weight is 280 g/mol. The second kappa shape index (κ2) is 14.2. The molecule has 0 fully saturated rings. The normalized spacial score (nSPS) is 11.7. The lowest BCUT2D eigenvalue weighted by molar-refractivity contribution is -0.209. The van der Waals surface area contributed by atoms with E-state index in [1.165, 1.54) is 0 Å². The Morgan fingerprint density at radius 1 is 0.579 bits per heavy atom. The summed E-state index contributed by atoms with van der Waals surface area (Å²) in [5.41, 5.74) is 0. The first-order chi connectivity index (χ1) is 9.28. The smallest absolute Gasteiger partial charge is 0.180 e. The van der Waals surface area contributed by atoms with E-state index in [-0.39, 0.29) is 19.4 Å². The summed E-state index contributed by atoms with van der Waals surface area (Å²) in [7, 11) is 0. The van der Waals surface area contributed by atoms with Gasteiger partial charge in [0.1, 0.15) is 20.0 Å². The Bertz CT molecular complexity index is 149. The van der Waals surface area contributed by atoms with Crippen LogP contribution in [-0.2, 0) is 28.4 Å². The van der Waals surface area contributed by atoms with Crippen LogP contribution in [-0.4, -0.2) is 59.0 Å². The summed E-state index contributed by atoms with van der Waals surface area (Å²) in [5, 5.41) is 0. The van der Waals surface area contributed by atoms with E-state index in [0.29, 0.717) is 39.6 Å². The van der Waals surface area contributed by atoms with Crippen LogP contribution in [0, 0.1) is 0 Å². The molecule has 0 aromatic carbocycles. The second-order valence-corrected chi connectivity index (χ2v) is 3.54. The first-order valence-corrected chi connectivity index (χ1v) is 6.90. The van der Waals surface area contributed by atoms with Crippen molar-refractivity contribution in [1.82, 2.24) is 0 Å². The summed E-state index contributed by atoms with van der Waals surface area (Å²) in [4.78, 5) is 0. The van der Waals surface area contributed by atoms with E-state index >= 15 is 0 Å². The lowest BCUT2D eigenvalue weighted by Crippen LogP contribution is -2.26. The topological polar surface area (TPSA) is 55.4 Å². The van der Waals surface area contributed by atoms with Crippen molar-refractivity contribution >= 4 is 0 Å². The molecular formula is C13H28O6. The van der Waals surface area contributed by atoms with Gasteiger partial charge in [-0.15, -0.1) is 0 Å². The van der Waals surface area contributed by atoms with E-state index in [2.05, 4.69) is 0 Å². The van der Waals surface area contributed by atoms with Crippen molar-refractivity contribution < 1.29 is 28.4 Å². The van der Waals surface area contributed by atoms with Crippen molar-refractivity contribution in [2.24, 2.45) is 0 Å². The van der Waals surface area contributed by atoms with Crippen molar-refractivity contribution in [1.29, 1.82) is 0 Å². The highest BCUT2D eigenvalue weighted by atomic mass is 16.7. The fourth-order valence-electron chi connectivity index (χ4n) is 1.38. The fraction of sp³-hybridized carbons (Fsp3) is 1.00. The van der Waals surface area contributed by atoms with E-state index < -0.39 is 0 Å². The molecule has 0 rings (SSSR count). The first kappa shape index (κ1) is 18.8. The number of hydrogen-bond acceptors (Lipinski definition) is 6. The van der Waals surface area contributed by atoms with Gasteiger partial charge in [0.2, 0.25) is 0 Å². The van der Waals surface area contributed by atoms with Crippen LogP contribution in [0.2, 0.25) is 0 Å². The summed E-state index contributed by atoms with van der Waals surface area (Å²) >= 11 is 0. The summed E-state index contributed by atoms with van der Waals surface area (Å²) in [5.74, 6) is 0. The Morgan fingerprint density at radius 2 is 0.895 bits per heavy atom. The molecular weight excluding hydrogens is 252 g/mol. The Morgan fingerprint density at radius 3 is 1.16 bits per heavy atom. The van der Waals surface area contributed by atoms with Crippen molar-refractivity contribution in [2.45, 2.75) is 40.3 Å². The Balaban J connectivity index is 3.59. The molecule has 0 aromatic heterocycles. The molecule has 0 unspecified atom stereocenters. The molecule has 0 saturated carbocycles. The van der Waals surface area contributed by atoms with E-state index in [0.717, 1.165) is 0 Å². The highest BCUT2D eigenvalue weighted by Crippen LogP contribution is 1.99. The standard InChI is InChI=1S/C13H28O6/c1-5-16-12(17-6-2)9-14-11-15-10-13(18-7-3)19-8-4/h12-13H,5-11H2,1-4H3. The molecule has 0 atom stereocenters. The largest absolute Gasteiger partial charge is 0.351 e. The van der Waals surface area contributed by atoms with Crippen LogP contribution in [0.4, 0.5) is 0 Å². The molecule has 0 radical (unpaired) electrons. The minimum atomic E-state index is -0.340. The minimum Gasteiger partial charge on any atom is -0.351 e. The Labute approximate surface area is 116 Å². The second-order valence-electron chi connectivity index (χ2n) is 3.54. The maximum absolute atomic E-state index is 5.34. The van der Waals surface area contributed by atoms with Crippen LogP contribution >= 0.6 is 0 Å². The van der Waals surface area contributed by atoms with Crippen molar-refractivity contribution in [3.63, 3.8) is 0 Å².